The van der Waals surface area contributed by atoms with Gasteiger partial charge in [-0.3, -0.25) is 4.79 Å². The summed E-state index contributed by atoms with van der Waals surface area (Å²) in [7, 11) is 4.18. The molecule has 1 amide bonds. The monoisotopic (exact) mass is 236 g/mol. The second-order valence-electron chi connectivity index (χ2n) is 4.99. The molecule has 0 aromatic carbocycles. The van der Waals surface area contributed by atoms with E-state index in [0.29, 0.717) is 12.3 Å². The van der Waals surface area contributed by atoms with Gasteiger partial charge in [-0.15, -0.1) is 0 Å². The van der Waals surface area contributed by atoms with Crippen LogP contribution in [0, 0.1) is 0 Å². The van der Waals surface area contributed by atoms with Gasteiger partial charge in [0.25, 0.3) is 5.91 Å². The van der Waals surface area contributed by atoms with Crippen molar-refractivity contribution in [3.8, 4) is 0 Å². The van der Waals surface area contributed by atoms with Crippen LogP contribution in [-0.4, -0.2) is 37.0 Å². The number of hydrogen-bond acceptors (Lipinski definition) is 3. The molecule has 1 aliphatic rings. The van der Waals surface area contributed by atoms with E-state index in [2.05, 4.69) is 24.3 Å². The molecule has 1 heterocycles. The molecule has 1 saturated carbocycles. The highest BCUT2D eigenvalue weighted by Gasteiger charge is 2.36. The zero-order valence-electron chi connectivity index (χ0n) is 10.5. The van der Waals surface area contributed by atoms with Gasteiger partial charge in [-0.25, -0.2) is 0 Å². The second-order valence-corrected chi connectivity index (χ2v) is 4.99. The van der Waals surface area contributed by atoms with Crippen molar-refractivity contribution in [2.24, 2.45) is 0 Å². The van der Waals surface area contributed by atoms with E-state index in [1.165, 1.54) is 19.1 Å². The average Bonchev–Trinajstić information content (AvgIpc) is 2.97. The Morgan fingerprint density at radius 2 is 2.18 bits per heavy atom. The molecule has 17 heavy (non-hydrogen) atoms. The summed E-state index contributed by atoms with van der Waals surface area (Å²) < 4.78 is 5.08. The largest absolute Gasteiger partial charge is 0.459 e. The van der Waals surface area contributed by atoms with E-state index in [0.717, 1.165) is 12.8 Å². The quantitative estimate of drug-likeness (QED) is 0.868. The van der Waals surface area contributed by atoms with Gasteiger partial charge in [0.15, 0.2) is 5.76 Å². The van der Waals surface area contributed by atoms with Crippen LogP contribution in [0.15, 0.2) is 22.8 Å². The minimum Gasteiger partial charge on any atom is -0.459 e. The van der Waals surface area contributed by atoms with E-state index in [1.54, 1.807) is 12.1 Å². The number of nitrogens with one attached hydrogen (secondary N) is 1. The van der Waals surface area contributed by atoms with Crippen molar-refractivity contribution in [2.45, 2.75) is 31.2 Å². The zero-order chi connectivity index (χ0) is 12.3. The van der Waals surface area contributed by atoms with Crippen molar-refractivity contribution in [1.29, 1.82) is 0 Å². The average molecular weight is 236 g/mol. The summed E-state index contributed by atoms with van der Waals surface area (Å²) in [5, 5.41) is 2.97. The van der Waals surface area contributed by atoms with Crippen LogP contribution in [0.25, 0.3) is 0 Å². The van der Waals surface area contributed by atoms with Gasteiger partial charge in [-0.05, 0) is 39.1 Å². The molecule has 1 N–H and O–H groups in total. The fraction of sp³-hybridized carbons (Fsp3) is 0.615. The zero-order valence-corrected chi connectivity index (χ0v) is 10.5. The molecular formula is C13H20N2O2. The molecule has 1 aromatic rings. The summed E-state index contributed by atoms with van der Waals surface area (Å²) in [6, 6.07) is 3.42. The summed E-state index contributed by atoms with van der Waals surface area (Å²) in [5.41, 5.74) is 0.127. The fourth-order valence-corrected chi connectivity index (χ4v) is 2.55. The van der Waals surface area contributed by atoms with Crippen molar-refractivity contribution in [1.82, 2.24) is 10.2 Å². The van der Waals surface area contributed by atoms with Crippen LogP contribution >= 0.6 is 0 Å². The van der Waals surface area contributed by atoms with E-state index < -0.39 is 0 Å². The smallest absolute Gasteiger partial charge is 0.287 e. The molecule has 0 atom stereocenters. The highest BCUT2D eigenvalue weighted by Crippen LogP contribution is 2.33. The van der Waals surface area contributed by atoms with Gasteiger partial charge in [0.2, 0.25) is 0 Å². The molecule has 2 rings (SSSR count). The number of rotatable bonds is 4. The minimum atomic E-state index is -0.122. The lowest BCUT2D eigenvalue weighted by atomic mass is 9.96. The maximum absolute atomic E-state index is 11.8. The van der Waals surface area contributed by atoms with Crippen LogP contribution in [0.1, 0.15) is 36.2 Å². The lowest BCUT2D eigenvalue weighted by Crippen LogP contribution is -2.50. The second kappa shape index (κ2) is 4.92. The third kappa shape index (κ3) is 2.52. The van der Waals surface area contributed by atoms with Gasteiger partial charge >= 0.3 is 0 Å². The first-order valence-corrected chi connectivity index (χ1v) is 6.13. The summed E-state index contributed by atoms with van der Waals surface area (Å²) in [4.78, 5) is 14.0. The molecule has 0 radical (unpaired) electrons. The molecule has 1 aliphatic carbocycles. The Labute approximate surface area is 102 Å². The Morgan fingerprint density at radius 1 is 1.47 bits per heavy atom. The highest BCUT2D eigenvalue weighted by molar-refractivity contribution is 5.91. The van der Waals surface area contributed by atoms with Gasteiger partial charge in [0.05, 0.1) is 6.26 Å². The summed E-state index contributed by atoms with van der Waals surface area (Å²) in [6.07, 6.45) is 6.31. The third-order valence-electron chi connectivity index (χ3n) is 3.81. The maximum Gasteiger partial charge on any atom is 0.287 e. The Morgan fingerprint density at radius 3 is 2.71 bits per heavy atom. The van der Waals surface area contributed by atoms with Gasteiger partial charge in [0.1, 0.15) is 0 Å². The molecular weight excluding hydrogens is 216 g/mol. The molecule has 94 valence electrons. The van der Waals surface area contributed by atoms with Crippen LogP contribution < -0.4 is 5.32 Å². The number of amides is 1. The van der Waals surface area contributed by atoms with Crippen LogP contribution in [0.5, 0.6) is 0 Å². The molecule has 0 saturated heterocycles. The number of nitrogens with zero attached hydrogens (tertiary/aromatic N) is 1. The number of hydrogen-bond donors (Lipinski definition) is 1. The van der Waals surface area contributed by atoms with Gasteiger partial charge in [-0.1, -0.05) is 12.8 Å². The van der Waals surface area contributed by atoms with E-state index in [1.807, 2.05) is 0 Å². The van der Waals surface area contributed by atoms with Gasteiger partial charge in [-0.2, -0.15) is 0 Å². The SMILES string of the molecule is CN(C)C1(CNC(=O)c2ccco2)CCCC1. The van der Waals surface area contributed by atoms with Crippen molar-refractivity contribution in [3.05, 3.63) is 24.2 Å². The van der Waals surface area contributed by atoms with Crippen LogP contribution in [0.4, 0.5) is 0 Å². The van der Waals surface area contributed by atoms with Crippen LogP contribution in [0.2, 0.25) is 0 Å². The molecule has 0 spiro atoms. The number of carbonyl (C=O) groups is 1. The molecule has 1 aromatic heterocycles. The topological polar surface area (TPSA) is 45.5 Å². The first-order valence-electron chi connectivity index (χ1n) is 6.13. The highest BCUT2D eigenvalue weighted by atomic mass is 16.3. The van der Waals surface area contributed by atoms with Gasteiger partial charge < -0.3 is 14.6 Å². The van der Waals surface area contributed by atoms with Crippen molar-refractivity contribution in [2.75, 3.05) is 20.6 Å². The van der Waals surface area contributed by atoms with E-state index >= 15 is 0 Å². The molecule has 0 bridgehead atoms. The van der Waals surface area contributed by atoms with E-state index in [4.69, 9.17) is 4.42 Å². The number of furan rings is 1. The van der Waals surface area contributed by atoms with Crippen LogP contribution in [0.3, 0.4) is 0 Å². The Hall–Kier alpha value is -1.29. The first kappa shape index (κ1) is 12.2. The molecule has 1 fully saturated rings. The Bertz CT molecular complexity index is 365. The summed E-state index contributed by atoms with van der Waals surface area (Å²) >= 11 is 0. The summed E-state index contributed by atoms with van der Waals surface area (Å²) in [5.74, 6) is 0.264. The third-order valence-corrected chi connectivity index (χ3v) is 3.81. The van der Waals surface area contributed by atoms with Crippen molar-refractivity contribution in [3.63, 3.8) is 0 Å². The molecule has 0 unspecified atom stereocenters. The standard InChI is InChI=1S/C13H20N2O2/c1-15(2)13(7-3-4-8-13)10-14-12(16)11-6-5-9-17-11/h5-6,9H,3-4,7-8,10H2,1-2H3,(H,14,16). The fourth-order valence-electron chi connectivity index (χ4n) is 2.55. The molecule has 4 heteroatoms. The lowest BCUT2D eigenvalue weighted by molar-refractivity contribution is 0.0873. The normalized spacial score (nSPS) is 18.5. The first-order chi connectivity index (χ1) is 8.14. The number of likely N-dealkylation sites (N-methyl/N-ethyl adjacent to an activating group) is 1. The number of carbonyl (C=O) groups excluding carboxylic acids is 1. The Balaban J connectivity index is 1.94. The van der Waals surface area contributed by atoms with E-state index in [9.17, 15) is 4.79 Å². The molecule has 4 nitrogen and oxygen atoms in total. The van der Waals surface area contributed by atoms with Crippen molar-refractivity contribution < 1.29 is 9.21 Å². The van der Waals surface area contributed by atoms with Crippen molar-refractivity contribution >= 4 is 5.91 Å². The summed E-state index contributed by atoms with van der Waals surface area (Å²) in [6.45, 7) is 0.694. The minimum absolute atomic E-state index is 0.122. The predicted octanol–water partition coefficient (Wildman–Crippen LogP) is 1.88. The maximum atomic E-state index is 11.8. The van der Waals surface area contributed by atoms with E-state index in [-0.39, 0.29) is 11.4 Å². The van der Waals surface area contributed by atoms with Gasteiger partial charge in [0, 0.05) is 12.1 Å². The molecule has 0 aliphatic heterocycles. The lowest BCUT2D eigenvalue weighted by Gasteiger charge is -2.36. The van der Waals surface area contributed by atoms with Crippen LogP contribution in [-0.2, 0) is 0 Å². The predicted molar refractivity (Wildman–Crippen MR) is 65.9 cm³/mol. The Kier molecular flexibility index (Phi) is 3.52.